The van der Waals surface area contributed by atoms with Gasteiger partial charge in [-0.1, -0.05) is 36.8 Å². The topological polar surface area (TPSA) is 0 Å². The lowest BCUT2D eigenvalue weighted by molar-refractivity contribution is 1.14. The van der Waals surface area contributed by atoms with E-state index in [1.165, 1.54) is 5.57 Å². The second-order valence-electron chi connectivity index (χ2n) is 3.00. The van der Waals surface area contributed by atoms with Crippen molar-refractivity contribution in [2.45, 2.75) is 34.1 Å². The maximum Gasteiger partial charge on any atom is 0.0181 e. The first-order chi connectivity index (χ1) is 5.49. The number of allylic oxidation sites excluding steroid dienone is 5. The first-order valence-corrected chi connectivity index (χ1v) is 4.56. The third-order valence-corrected chi connectivity index (χ3v) is 2.27. The zero-order valence-electron chi connectivity index (χ0n) is 8.37. The van der Waals surface area contributed by atoms with Gasteiger partial charge in [0.15, 0.2) is 0 Å². The van der Waals surface area contributed by atoms with Gasteiger partial charge in [-0.2, -0.15) is 0 Å². The van der Waals surface area contributed by atoms with Gasteiger partial charge < -0.3 is 0 Å². The summed E-state index contributed by atoms with van der Waals surface area (Å²) in [5.74, 6) is 0. The molecule has 0 heterocycles. The van der Waals surface area contributed by atoms with E-state index in [1.54, 1.807) is 0 Å². The number of hydrogen-bond donors (Lipinski definition) is 0. The maximum absolute atomic E-state index is 5.86. The van der Waals surface area contributed by atoms with Crippen LogP contribution in [0.5, 0.6) is 0 Å². The molecule has 0 radical (unpaired) electrons. The zero-order chi connectivity index (χ0) is 9.72. The molecule has 0 atom stereocenters. The molecule has 0 aliphatic heterocycles. The van der Waals surface area contributed by atoms with E-state index in [4.69, 9.17) is 11.6 Å². The predicted molar refractivity (Wildman–Crippen MR) is 57.4 cm³/mol. The van der Waals surface area contributed by atoms with E-state index >= 15 is 0 Å². The highest BCUT2D eigenvalue weighted by molar-refractivity contribution is 6.29. The summed E-state index contributed by atoms with van der Waals surface area (Å²) in [6.07, 6.45) is 3.08. The van der Waals surface area contributed by atoms with E-state index in [1.807, 2.05) is 13.8 Å². The van der Waals surface area contributed by atoms with Gasteiger partial charge in [-0.05, 0) is 38.3 Å². The van der Waals surface area contributed by atoms with Gasteiger partial charge in [0.05, 0.1) is 0 Å². The molecule has 0 unspecified atom stereocenters. The summed E-state index contributed by atoms with van der Waals surface area (Å²) in [7, 11) is 0. The Kier molecular flexibility index (Phi) is 5.00. The largest absolute Gasteiger partial charge is 0.0958 e. The Bertz CT molecular complexity index is 227. The molecule has 0 aromatic rings. The van der Waals surface area contributed by atoms with Crippen LogP contribution in [0, 0.1) is 0 Å². The summed E-state index contributed by atoms with van der Waals surface area (Å²) in [5.41, 5.74) is 3.49. The summed E-state index contributed by atoms with van der Waals surface area (Å²) < 4.78 is 0. The van der Waals surface area contributed by atoms with Crippen molar-refractivity contribution in [1.82, 2.24) is 0 Å². The molecular weight excluding hydrogens is 168 g/mol. The number of halogens is 1. The van der Waals surface area contributed by atoms with E-state index in [9.17, 15) is 0 Å². The monoisotopic (exact) mass is 184 g/mol. The summed E-state index contributed by atoms with van der Waals surface area (Å²) in [5, 5.41) is 0.854. The van der Waals surface area contributed by atoms with Crippen LogP contribution in [0.3, 0.4) is 0 Å². The average Bonchev–Trinajstić information content (AvgIpc) is 2.02. The van der Waals surface area contributed by atoms with Gasteiger partial charge in [0.2, 0.25) is 0 Å². The van der Waals surface area contributed by atoms with Gasteiger partial charge in [-0.15, -0.1) is 0 Å². The first-order valence-electron chi connectivity index (χ1n) is 4.18. The van der Waals surface area contributed by atoms with Crippen molar-refractivity contribution in [3.63, 3.8) is 0 Å². The molecule has 0 aromatic heterocycles. The van der Waals surface area contributed by atoms with Crippen LogP contribution in [0.4, 0.5) is 0 Å². The van der Waals surface area contributed by atoms with Crippen LogP contribution in [0.25, 0.3) is 0 Å². The molecule has 0 aromatic carbocycles. The molecule has 0 rings (SSSR count). The van der Waals surface area contributed by atoms with Gasteiger partial charge in [-0.25, -0.2) is 0 Å². The van der Waals surface area contributed by atoms with Gasteiger partial charge in [0, 0.05) is 5.03 Å². The van der Waals surface area contributed by atoms with Crippen LogP contribution in [0.15, 0.2) is 34.4 Å². The Morgan fingerprint density at radius 1 is 1.33 bits per heavy atom. The highest BCUT2D eigenvalue weighted by atomic mass is 35.5. The van der Waals surface area contributed by atoms with Crippen LogP contribution in [0.1, 0.15) is 34.1 Å². The van der Waals surface area contributed by atoms with Crippen molar-refractivity contribution < 1.29 is 0 Å². The minimum absolute atomic E-state index is 0.854. The van der Waals surface area contributed by atoms with Crippen molar-refractivity contribution >= 4 is 11.6 Å². The van der Waals surface area contributed by atoms with Gasteiger partial charge >= 0.3 is 0 Å². The van der Waals surface area contributed by atoms with Crippen molar-refractivity contribution in [2.24, 2.45) is 0 Å². The second kappa shape index (κ2) is 5.21. The Hall–Kier alpha value is -0.490. The van der Waals surface area contributed by atoms with E-state index < -0.39 is 0 Å². The SMILES string of the molecule is C=C(C=C(C)C(C)=C(C)Cl)CC. The molecule has 0 N–H and O–H groups in total. The second-order valence-corrected chi connectivity index (χ2v) is 3.56. The van der Waals surface area contributed by atoms with E-state index in [-0.39, 0.29) is 0 Å². The smallest absolute Gasteiger partial charge is 0.0181 e. The van der Waals surface area contributed by atoms with E-state index in [0.29, 0.717) is 0 Å². The molecule has 1 heteroatoms. The Balaban J connectivity index is 4.60. The van der Waals surface area contributed by atoms with Gasteiger partial charge in [-0.3, -0.25) is 0 Å². The zero-order valence-corrected chi connectivity index (χ0v) is 9.13. The third kappa shape index (κ3) is 3.77. The van der Waals surface area contributed by atoms with Crippen molar-refractivity contribution in [2.75, 3.05) is 0 Å². The van der Waals surface area contributed by atoms with Crippen molar-refractivity contribution in [1.29, 1.82) is 0 Å². The summed E-state index contributed by atoms with van der Waals surface area (Å²) in [6.45, 7) is 12.0. The molecule has 68 valence electrons. The normalized spacial score (nSPS) is 14.2. The van der Waals surface area contributed by atoms with Gasteiger partial charge in [0.25, 0.3) is 0 Å². The predicted octanol–water partition coefficient (Wildman–Crippen LogP) is 4.43. The van der Waals surface area contributed by atoms with Crippen LogP contribution in [-0.2, 0) is 0 Å². The Morgan fingerprint density at radius 2 is 1.83 bits per heavy atom. The van der Waals surface area contributed by atoms with Crippen LogP contribution in [-0.4, -0.2) is 0 Å². The standard InChI is InChI=1S/C11H17Cl/c1-6-8(2)7-9(3)10(4)11(5)12/h7H,2,6H2,1,3-5H3. The Morgan fingerprint density at radius 3 is 2.17 bits per heavy atom. The van der Waals surface area contributed by atoms with Crippen molar-refractivity contribution in [3.05, 3.63) is 34.4 Å². The highest BCUT2D eigenvalue weighted by Gasteiger charge is 1.96. The summed E-state index contributed by atoms with van der Waals surface area (Å²) >= 11 is 5.86. The fourth-order valence-electron chi connectivity index (χ4n) is 0.788. The number of rotatable bonds is 3. The lowest BCUT2D eigenvalue weighted by Gasteiger charge is -2.03. The van der Waals surface area contributed by atoms with Crippen LogP contribution < -0.4 is 0 Å². The average molecular weight is 185 g/mol. The Labute approximate surface area is 80.6 Å². The molecule has 12 heavy (non-hydrogen) atoms. The fourth-order valence-corrected chi connectivity index (χ4v) is 0.937. The molecule has 0 bridgehead atoms. The van der Waals surface area contributed by atoms with Crippen LogP contribution in [0.2, 0.25) is 0 Å². The van der Waals surface area contributed by atoms with E-state index in [2.05, 4.69) is 26.5 Å². The maximum atomic E-state index is 5.86. The molecule has 0 spiro atoms. The van der Waals surface area contributed by atoms with Crippen LogP contribution >= 0.6 is 11.6 Å². The lowest BCUT2D eigenvalue weighted by atomic mass is 10.1. The quantitative estimate of drug-likeness (QED) is 0.570. The lowest BCUT2D eigenvalue weighted by Crippen LogP contribution is -1.83. The molecular formula is C11H17Cl. The van der Waals surface area contributed by atoms with Crippen molar-refractivity contribution in [3.8, 4) is 0 Å². The molecule has 0 aliphatic rings. The highest BCUT2D eigenvalue weighted by Crippen LogP contribution is 2.18. The fraction of sp³-hybridized carbons (Fsp3) is 0.455. The summed E-state index contributed by atoms with van der Waals surface area (Å²) in [4.78, 5) is 0. The van der Waals surface area contributed by atoms with E-state index in [0.717, 1.165) is 22.6 Å². The minimum Gasteiger partial charge on any atom is -0.0958 e. The molecule has 0 saturated heterocycles. The minimum atomic E-state index is 0.854. The molecule has 0 amide bonds. The molecule has 0 saturated carbocycles. The molecule has 0 fully saturated rings. The molecule has 0 aliphatic carbocycles. The first kappa shape index (κ1) is 11.5. The third-order valence-electron chi connectivity index (χ3n) is 1.98. The summed E-state index contributed by atoms with van der Waals surface area (Å²) in [6, 6.07) is 0. The van der Waals surface area contributed by atoms with Gasteiger partial charge in [0.1, 0.15) is 0 Å². The molecule has 0 nitrogen and oxygen atoms in total. The number of hydrogen-bond acceptors (Lipinski definition) is 0.